The largest absolute Gasteiger partial charge is 0.366 e. The van der Waals surface area contributed by atoms with Crippen LogP contribution in [0.1, 0.15) is 34.8 Å². The zero-order valence-electron chi connectivity index (χ0n) is 16.4. The molecular formula is C21H25N5O2S. The van der Waals surface area contributed by atoms with Crippen LogP contribution in [0.25, 0.3) is 0 Å². The van der Waals surface area contributed by atoms with E-state index >= 15 is 0 Å². The standard InChI is InChI=1S/C21H25N5O2S/c1-15(20(28)24-21-18(19(23)27)7-12-29-21)26-9-2-8-25(10-11-26)14-17-5-3-16(13-22)4-6-17/h3-7,12,15H,2,8-11,14H2,1H3,(H2,23,27)(H,24,28). The molecule has 7 nitrogen and oxygen atoms in total. The highest BCUT2D eigenvalue weighted by Gasteiger charge is 2.25. The third-order valence-corrected chi connectivity index (χ3v) is 6.04. The number of hydrogen-bond donors (Lipinski definition) is 2. The van der Waals surface area contributed by atoms with Gasteiger partial charge in [0.25, 0.3) is 5.91 Å². The van der Waals surface area contributed by atoms with Gasteiger partial charge in [0.1, 0.15) is 5.00 Å². The van der Waals surface area contributed by atoms with Crippen LogP contribution in [-0.2, 0) is 11.3 Å². The zero-order valence-corrected chi connectivity index (χ0v) is 17.2. The van der Waals surface area contributed by atoms with Crippen molar-refractivity contribution in [3.8, 4) is 6.07 Å². The monoisotopic (exact) mass is 411 g/mol. The summed E-state index contributed by atoms with van der Waals surface area (Å²) >= 11 is 1.30. The smallest absolute Gasteiger partial charge is 0.251 e. The van der Waals surface area contributed by atoms with Crippen LogP contribution in [0.15, 0.2) is 35.7 Å². The van der Waals surface area contributed by atoms with Gasteiger partial charge in [-0.2, -0.15) is 5.26 Å². The third-order valence-electron chi connectivity index (χ3n) is 5.21. The van der Waals surface area contributed by atoms with Gasteiger partial charge in [-0.25, -0.2) is 0 Å². The molecule has 1 atom stereocenters. The van der Waals surface area contributed by atoms with Crippen LogP contribution in [0.3, 0.4) is 0 Å². The third kappa shape index (κ3) is 5.41. The number of nitrogens with one attached hydrogen (secondary N) is 1. The van der Waals surface area contributed by atoms with Crippen LogP contribution >= 0.6 is 11.3 Å². The molecule has 0 aliphatic carbocycles. The minimum Gasteiger partial charge on any atom is -0.366 e. The average molecular weight is 412 g/mol. The van der Waals surface area contributed by atoms with Crippen molar-refractivity contribution in [3.05, 3.63) is 52.4 Å². The quantitative estimate of drug-likeness (QED) is 0.759. The molecule has 152 valence electrons. The summed E-state index contributed by atoms with van der Waals surface area (Å²) < 4.78 is 0. The predicted molar refractivity (Wildman–Crippen MR) is 114 cm³/mol. The number of benzene rings is 1. The summed E-state index contributed by atoms with van der Waals surface area (Å²) in [5.74, 6) is -0.669. The lowest BCUT2D eigenvalue weighted by Gasteiger charge is -2.27. The van der Waals surface area contributed by atoms with E-state index in [0.29, 0.717) is 16.1 Å². The van der Waals surface area contributed by atoms with Crippen molar-refractivity contribution in [3.63, 3.8) is 0 Å². The van der Waals surface area contributed by atoms with Crippen LogP contribution in [0.2, 0.25) is 0 Å². The van der Waals surface area contributed by atoms with E-state index in [4.69, 9.17) is 11.0 Å². The molecule has 0 radical (unpaired) electrons. The Labute approximate surface area is 174 Å². The van der Waals surface area contributed by atoms with E-state index in [2.05, 4.69) is 21.2 Å². The fourth-order valence-electron chi connectivity index (χ4n) is 3.46. The van der Waals surface area contributed by atoms with Gasteiger partial charge in [0.2, 0.25) is 5.91 Å². The lowest BCUT2D eigenvalue weighted by atomic mass is 10.1. The summed E-state index contributed by atoms with van der Waals surface area (Å²) in [7, 11) is 0. The van der Waals surface area contributed by atoms with E-state index in [1.54, 1.807) is 11.4 Å². The molecule has 8 heteroatoms. The molecule has 0 spiro atoms. The molecule has 0 bridgehead atoms. The summed E-state index contributed by atoms with van der Waals surface area (Å²) in [4.78, 5) is 28.7. The van der Waals surface area contributed by atoms with Crippen molar-refractivity contribution >= 4 is 28.2 Å². The van der Waals surface area contributed by atoms with Crippen LogP contribution < -0.4 is 11.1 Å². The fourth-order valence-corrected chi connectivity index (χ4v) is 4.26. The summed E-state index contributed by atoms with van der Waals surface area (Å²) in [5, 5.41) is 14.0. The van der Waals surface area contributed by atoms with Gasteiger partial charge >= 0.3 is 0 Å². The molecule has 1 fully saturated rings. The van der Waals surface area contributed by atoms with Crippen molar-refractivity contribution in [2.24, 2.45) is 5.73 Å². The molecule has 1 aromatic heterocycles. The minimum absolute atomic E-state index is 0.129. The van der Waals surface area contributed by atoms with Crippen LogP contribution in [0, 0.1) is 11.3 Å². The van der Waals surface area contributed by atoms with Gasteiger partial charge in [-0.05, 0) is 49.0 Å². The summed E-state index contributed by atoms with van der Waals surface area (Å²) in [6, 6.07) is 11.1. The Kier molecular flexibility index (Phi) is 6.99. The van der Waals surface area contributed by atoms with E-state index in [9.17, 15) is 9.59 Å². The maximum Gasteiger partial charge on any atom is 0.251 e. The second-order valence-corrected chi connectivity index (χ2v) is 8.08. The molecule has 1 unspecified atom stereocenters. The number of primary amides is 1. The predicted octanol–water partition coefficient (Wildman–Crippen LogP) is 2.25. The Morgan fingerprint density at radius 1 is 1.21 bits per heavy atom. The molecule has 3 rings (SSSR count). The van der Waals surface area contributed by atoms with E-state index < -0.39 is 5.91 Å². The highest BCUT2D eigenvalue weighted by molar-refractivity contribution is 7.14. The molecule has 3 N–H and O–H groups in total. The Morgan fingerprint density at radius 3 is 2.66 bits per heavy atom. The Bertz CT molecular complexity index is 903. The molecule has 0 saturated carbocycles. The molecule has 1 aliphatic rings. The Morgan fingerprint density at radius 2 is 1.97 bits per heavy atom. The first-order chi connectivity index (χ1) is 14.0. The molecule has 1 aliphatic heterocycles. The first-order valence-electron chi connectivity index (χ1n) is 9.61. The number of amides is 2. The zero-order chi connectivity index (χ0) is 20.8. The van der Waals surface area contributed by atoms with Crippen LogP contribution in [0.4, 0.5) is 5.00 Å². The SMILES string of the molecule is CC(C(=O)Nc1sccc1C(N)=O)N1CCCN(Cc2ccc(C#N)cc2)CC1. The lowest BCUT2D eigenvalue weighted by molar-refractivity contribution is -0.120. The molecular weight excluding hydrogens is 386 g/mol. The normalized spacial score (nSPS) is 16.6. The van der Waals surface area contributed by atoms with Crippen LogP contribution in [0.5, 0.6) is 0 Å². The van der Waals surface area contributed by atoms with Crippen molar-refractivity contribution < 1.29 is 9.59 Å². The van der Waals surface area contributed by atoms with Crippen molar-refractivity contribution in [1.82, 2.24) is 9.80 Å². The van der Waals surface area contributed by atoms with E-state index in [1.165, 1.54) is 16.9 Å². The second kappa shape index (κ2) is 9.65. The topological polar surface area (TPSA) is 102 Å². The molecule has 1 saturated heterocycles. The summed E-state index contributed by atoms with van der Waals surface area (Å²) in [6.07, 6.45) is 0.972. The number of anilines is 1. The maximum absolute atomic E-state index is 12.7. The van der Waals surface area contributed by atoms with Gasteiger partial charge < -0.3 is 11.1 Å². The number of thiophene rings is 1. The summed E-state index contributed by atoms with van der Waals surface area (Å²) in [6.45, 7) is 6.18. The van der Waals surface area contributed by atoms with Gasteiger partial charge in [-0.15, -0.1) is 11.3 Å². The van der Waals surface area contributed by atoms with Gasteiger partial charge in [-0.1, -0.05) is 12.1 Å². The van der Waals surface area contributed by atoms with Gasteiger partial charge in [0, 0.05) is 26.2 Å². The molecule has 1 aromatic carbocycles. The number of nitrogens with two attached hydrogens (primary N) is 1. The minimum atomic E-state index is -0.539. The number of nitriles is 1. The Hall–Kier alpha value is -2.73. The van der Waals surface area contributed by atoms with Gasteiger partial charge in [-0.3, -0.25) is 19.4 Å². The van der Waals surface area contributed by atoms with E-state index in [-0.39, 0.29) is 11.9 Å². The van der Waals surface area contributed by atoms with Crippen molar-refractivity contribution in [2.75, 3.05) is 31.5 Å². The van der Waals surface area contributed by atoms with E-state index in [0.717, 1.165) is 39.1 Å². The van der Waals surface area contributed by atoms with Gasteiger partial charge in [0.05, 0.1) is 23.2 Å². The first-order valence-corrected chi connectivity index (χ1v) is 10.5. The molecule has 2 heterocycles. The lowest BCUT2D eigenvalue weighted by Crippen LogP contribution is -2.44. The van der Waals surface area contributed by atoms with Crippen LogP contribution in [-0.4, -0.2) is 53.8 Å². The van der Waals surface area contributed by atoms with Crippen molar-refractivity contribution in [2.45, 2.75) is 25.9 Å². The highest BCUT2D eigenvalue weighted by Crippen LogP contribution is 2.23. The maximum atomic E-state index is 12.7. The number of hydrogen-bond acceptors (Lipinski definition) is 6. The number of rotatable bonds is 6. The number of carbonyl (C=O) groups excluding carboxylic acids is 2. The highest BCUT2D eigenvalue weighted by atomic mass is 32.1. The first kappa shape index (κ1) is 21.0. The second-order valence-electron chi connectivity index (χ2n) is 7.17. The number of carbonyl (C=O) groups is 2. The fraction of sp³-hybridized carbons (Fsp3) is 0.381. The number of nitrogens with zero attached hydrogens (tertiary/aromatic N) is 3. The summed E-state index contributed by atoms with van der Waals surface area (Å²) in [5.41, 5.74) is 7.55. The van der Waals surface area contributed by atoms with Gasteiger partial charge in [0.15, 0.2) is 0 Å². The average Bonchev–Trinajstić information content (AvgIpc) is 3.06. The van der Waals surface area contributed by atoms with E-state index in [1.807, 2.05) is 31.2 Å². The Balaban J connectivity index is 1.55. The molecule has 2 aromatic rings. The molecule has 29 heavy (non-hydrogen) atoms. The molecule has 2 amide bonds. The van der Waals surface area contributed by atoms with Crippen molar-refractivity contribution in [1.29, 1.82) is 5.26 Å².